The van der Waals surface area contributed by atoms with Crippen LogP contribution in [0.3, 0.4) is 0 Å². The maximum atomic E-state index is 12.7. The van der Waals surface area contributed by atoms with Crippen molar-refractivity contribution >= 4 is 11.8 Å². The lowest BCUT2D eigenvalue weighted by Gasteiger charge is -2.38. The van der Waals surface area contributed by atoms with E-state index in [4.69, 9.17) is 0 Å². The van der Waals surface area contributed by atoms with Crippen LogP contribution in [0.4, 0.5) is 0 Å². The van der Waals surface area contributed by atoms with Gasteiger partial charge in [-0.15, -0.1) is 0 Å². The van der Waals surface area contributed by atoms with Crippen molar-refractivity contribution in [3.05, 3.63) is 0 Å². The highest BCUT2D eigenvalue weighted by Gasteiger charge is 2.39. The summed E-state index contributed by atoms with van der Waals surface area (Å²) in [6.07, 6.45) is 3.25. The number of hydrogen-bond acceptors (Lipinski definition) is 3. The van der Waals surface area contributed by atoms with Gasteiger partial charge in [-0.3, -0.25) is 9.59 Å². The summed E-state index contributed by atoms with van der Waals surface area (Å²) in [5.74, 6) is 0.783. The van der Waals surface area contributed by atoms with E-state index in [0.29, 0.717) is 19.0 Å². The third-order valence-electron chi connectivity index (χ3n) is 4.43. The van der Waals surface area contributed by atoms with Crippen molar-refractivity contribution < 1.29 is 9.59 Å². The van der Waals surface area contributed by atoms with Crippen LogP contribution in [-0.2, 0) is 9.59 Å². The minimum atomic E-state index is -0.330. The molecule has 1 saturated heterocycles. The highest BCUT2D eigenvalue weighted by Crippen LogP contribution is 2.33. The van der Waals surface area contributed by atoms with E-state index in [1.54, 1.807) is 19.0 Å². The number of likely N-dealkylation sites (N-methyl/N-ethyl adjacent to an activating group) is 1. The summed E-state index contributed by atoms with van der Waals surface area (Å²) < 4.78 is 0. The molecule has 0 bridgehead atoms. The zero-order valence-electron chi connectivity index (χ0n) is 12.2. The van der Waals surface area contributed by atoms with E-state index in [1.807, 2.05) is 4.90 Å². The highest BCUT2D eigenvalue weighted by molar-refractivity contribution is 5.89. The van der Waals surface area contributed by atoms with E-state index in [1.165, 1.54) is 0 Å². The normalized spacial score (nSPS) is 31.3. The lowest BCUT2D eigenvalue weighted by molar-refractivity contribution is -0.148. The Balaban J connectivity index is 2.10. The Labute approximate surface area is 115 Å². The number of hydrogen-bond donors (Lipinski definition) is 1. The summed E-state index contributed by atoms with van der Waals surface area (Å²) in [5, 5.41) is 3.22. The zero-order chi connectivity index (χ0) is 14.0. The van der Waals surface area contributed by atoms with Crippen molar-refractivity contribution in [2.45, 2.75) is 32.2 Å². The fourth-order valence-electron chi connectivity index (χ4n) is 3.21. The molecular weight excluding hydrogens is 242 g/mol. The minimum absolute atomic E-state index is 0.0196. The zero-order valence-corrected chi connectivity index (χ0v) is 12.2. The number of amides is 2. The first kappa shape index (κ1) is 14.3. The van der Waals surface area contributed by atoms with E-state index in [-0.39, 0.29) is 23.8 Å². The molecule has 1 N–H and O–H groups in total. The van der Waals surface area contributed by atoms with Crippen LogP contribution in [0, 0.1) is 11.8 Å². The van der Waals surface area contributed by atoms with Gasteiger partial charge in [0.1, 0.15) is 6.04 Å². The van der Waals surface area contributed by atoms with Crippen LogP contribution < -0.4 is 5.32 Å². The molecule has 1 aliphatic heterocycles. The van der Waals surface area contributed by atoms with Gasteiger partial charge in [0.25, 0.3) is 0 Å². The third-order valence-corrected chi connectivity index (χ3v) is 4.43. The molecule has 1 heterocycles. The highest BCUT2D eigenvalue weighted by atomic mass is 16.2. The first-order valence-corrected chi connectivity index (χ1v) is 7.24. The SMILES string of the molecule is CC1CCCC1C(=O)N1CCNCC1C(=O)N(C)C. The summed E-state index contributed by atoms with van der Waals surface area (Å²) in [4.78, 5) is 28.3. The molecule has 2 fully saturated rings. The fraction of sp³-hybridized carbons (Fsp3) is 0.857. The summed E-state index contributed by atoms with van der Waals surface area (Å²) in [6.45, 7) is 4.15. The lowest BCUT2D eigenvalue weighted by Crippen LogP contribution is -2.60. The number of rotatable bonds is 2. The Morgan fingerprint density at radius 1 is 1.26 bits per heavy atom. The third kappa shape index (κ3) is 2.91. The van der Waals surface area contributed by atoms with Gasteiger partial charge in [0, 0.05) is 39.6 Å². The molecule has 2 aliphatic rings. The minimum Gasteiger partial charge on any atom is -0.347 e. The first-order valence-electron chi connectivity index (χ1n) is 7.24. The number of piperazine rings is 1. The summed E-state index contributed by atoms with van der Waals surface area (Å²) in [5.41, 5.74) is 0. The van der Waals surface area contributed by atoms with Crippen LogP contribution >= 0.6 is 0 Å². The van der Waals surface area contributed by atoms with E-state index in [2.05, 4.69) is 12.2 Å². The van der Waals surface area contributed by atoms with Gasteiger partial charge in [0.2, 0.25) is 11.8 Å². The van der Waals surface area contributed by atoms with Crippen molar-refractivity contribution in [2.24, 2.45) is 11.8 Å². The average molecular weight is 267 g/mol. The number of carbonyl (C=O) groups is 2. The molecule has 0 aromatic rings. The van der Waals surface area contributed by atoms with Gasteiger partial charge in [0.15, 0.2) is 0 Å². The molecule has 2 rings (SSSR count). The van der Waals surface area contributed by atoms with Gasteiger partial charge in [-0.05, 0) is 18.8 Å². The molecule has 19 heavy (non-hydrogen) atoms. The fourth-order valence-corrected chi connectivity index (χ4v) is 3.21. The van der Waals surface area contributed by atoms with Gasteiger partial charge >= 0.3 is 0 Å². The van der Waals surface area contributed by atoms with E-state index in [0.717, 1.165) is 25.8 Å². The molecule has 0 radical (unpaired) electrons. The van der Waals surface area contributed by atoms with Crippen molar-refractivity contribution in [2.75, 3.05) is 33.7 Å². The largest absolute Gasteiger partial charge is 0.347 e. The molecule has 0 aromatic carbocycles. The quantitative estimate of drug-likeness (QED) is 0.783. The van der Waals surface area contributed by atoms with E-state index in [9.17, 15) is 9.59 Å². The van der Waals surface area contributed by atoms with E-state index >= 15 is 0 Å². The molecule has 0 spiro atoms. The Morgan fingerprint density at radius 2 is 2.00 bits per heavy atom. The van der Waals surface area contributed by atoms with Crippen LogP contribution in [0.15, 0.2) is 0 Å². The van der Waals surface area contributed by atoms with Crippen molar-refractivity contribution in [1.82, 2.24) is 15.1 Å². The van der Waals surface area contributed by atoms with Crippen LogP contribution in [0.1, 0.15) is 26.2 Å². The maximum absolute atomic E-state index is 12.7. The van der Waals surface area contributed by atoms with Gasteiger partial charge in [-0.25, -0.2) is 0 Å². The summed E-state index contributed by atoms with van der Waals surface area (Å²) >= 11 is 0. The number of nitrogens with one attached hydrogen (secondary N) is 1. The summed E-state index contributed by atoms with van der Waals surface area (Å²) in [7, 11) is 3.50. The Kier molecular flexibility index (Phi) is 4.45. The number of carbonyl (C=O) groups excluding carboxylic acids is 2. The summed E-state index contributed by atoms with van der Waals surface area (Å²) in [6, 6.07) is -0.330. The predicted molar refractivity (Wildman–Crippen MR) is 73.6 cm³/mol. The first-order chi connectivity index (χ1) is 9.02. The van der Waals surface area contributed by atoms with Gasteiger partial charge in [-0.2, -0.15) is 0 Å². The van der Waals surface area contributed by atoms with Crippen LogP contribution in [0.25, 0.3) is 0 Å². The van der Waals surface area contributed by atoms with Gasteiger partial charge in [0.05, 0.1) is 0 Å². The monoisotopic (exact) mass is 267 g/mol. The van der Waals surface area contributed by atoms with Crippen molar-refractivity contribution in [3.8, 4) is 0 Å². The van der Waals surface area contributed by atoms with E-state index < -0.39 is 0 Å². The molecule has 1 saturated carbocycles. The molecule has 1 aliphatic carbocycles. The Morgan fingerprint density at radius 3 is 2.58 bits per heavy atom. The Hall–Kier alpha value is -1.10. The molecule has 3 unspecified atom stereocenters. The second kappa shape index (κ2) is 5.90. The van der Waals surface area contributed by atoms with Crippen molar-refractivity contribution in [1.29, 1.82) is 0 Å². The molecule has 3 atom stereocenters. The Bertz CT molecular complexity index is 357. The molecule has 2 amide bonds. The smallest absolute Gasteiger partial charge is 0.246 e. The topological polar surface area (TPSA) is 52.7 Å². The van der Waals surface area contributed by atoms with Gasteiger partial charge < -0.3 is 15.1 Å². The average Bonchev–Trinajstić information content (AvgIpc) is 2.83. The second-order valence-corrected chi connectivity index (χ2v) is 6.00. The maximum Gasteiger partial charge on any atom is 0.246 e. The number of nitrogens with zero attached hydrogens (tertiary/aromatic N) is 2. The molecule has 108 valence electrons. The second-order valence-electron chi connectivity index (χ2n) is 6.00. The lowest BCUT2D eigenvalue weighted by atomic mass is 9.95. The molecular formula is C14H25N3O2. The molecule has 0 aromatic heterocycles. The molecule has 5 nitrogen and oxygen atoms in total. The van der Waals surface area contributed by atoms with Gasteiger partial charge in [-0.1, -0.05) is 13.3 Å². The van der Waals surface area contributed by atoms with Crippen LogP contribution in [0.5, 0.6) is 0 Å². The van der Waals surface area contributed by atoms with Crippen LogP contribution in [-0.4, -0.2) is 61.4 Å². The molecule has 5 heteroatoms. The van der Waals surface area contributed by atoms with Crippen LogP contribution in [0.2, 0.25) is 0 Å². The predicted octanol–water partition coefficient (Wildman–Crippen LogP) is 0.311. The van der Waals surface area contributed by atoms with Crippen molar-refractivity contribution in [3.63, 3.8) is 0 Å². The standard InChI is InChI=1S/C14H25N3O2/c1-10-5-4-6-11(10)13(18)17-8-7-15-9-12(17)14(19)16(2)3/h10-12,15H,4-9H2,1-3H3.